The summed E-state index contributed by atoms with van der Waals surface area (Å²) in [6.07, 6.45) is 0.582. The molecule has 4 rings (SSSR count). The Hall–Kier alpha value is -3.54. The van der Waals surface area contributed by atoms with Gasteiger partial charge in [0.1, 0.15) is 12.2 Å². The van der Waals surface area contributed by atoms with Gasteiger partial charge >= 0.3 is 0 Å². The molecule has 0 radical (unpaired) electrons. The van der Waals surface area contributed by atoms with Crippen molar-refractivity contribution in [1.29, 1.82) is 0 Å². The smallest absolute Gasteiger partial charge is 0.261 e. The van der Waals surface area contributed by atoms with Crippen molar-refractivity contribution < 1.29 is 19.1 Å². The minimum Gasteiger partial charge on any atom is -0.369 e. The van der Waals surface area contributed by atoms with Gasteiger partial charge in [0.15, 0.2) is 0 Å². The molecular weight excluding hydrogens is 402 g/mol. The summed E-state index contributed by atoms with van der Waals surface area (Å²) >= 11 is 0. The topological polar surface area (TPSA) is 55.8 Å². The fourth-order valence-electron chi connectivity index (χ4n) is 3.71. The molecule has 2 amide bonds. The Morgan fingerprint density at radius 2 is 1.19 bits per heavy atom. The van der Waals surface area contributed by atoms with Gasteiger partial charge in [-0.3, -0.25) is 14.5 Å². The van der Waals surface area contributed by atoms with Crippen LogP contribution in [0.3, 0.4) is 0 Å². The van der Waals surface area contributed by atoms with Crippen molar-refractivity contribution >= 4 is 11.8 Å². The summed E-state index contributed by atoms with van der Waals surface area (Å²) in [5.74, 6) is -0.630. The fraction of sp³-hybridized carbons (Fsp3) is 0.185. The number of carbonyl (C=O) groups is 2. The molecule has 0 unspecified atom stereocenters. The molecule has 5 heteroatoms. The predicted molar refractivity (Wildman–Crippen MR) is 122 cm³/mol. The fourth-order valence-corrected chi connectivity index (χ4v) is 3.71. The van der Waals surface area contributed by atoms with Gasteiger partial charge in [0.05, 0.1) is 30.9 Å². The average molecular weight is 428 g/mol. The zero-order valence-corrected chi connectivity index (χ0v) is 17.7. The molecule has 0 N–H and O–H groups in total. The Morgan fingerprint density at radius 1 is 0.719 bits per heavy atom. The van der Waals surface area contributed by atoms with E-state index in [9.17, 15) is 9.59 Å². The highest BCUT2D eigenvalue weighted by atomic mass is 16.5. The van der Waals surface area contributed by atoms with Crippen molar-refractivity contribution in [3.8, 4) is 0 Å². The van der Waals surface area contributed by atoms with E-state index in [4.69, 9.17) is 9.47 Å². The molecule has 0 saturated heterocycles. The molecule has 3 aromatic rings. The second-order valence-electron chi connectivity index (χ2n) is 7.60. The minimum absolute atomic E-state index is 0.0741. The van der Waals surface area contributed by atoms with Crippen molar-refractivity contribution in [3.05, 3.63) is 120 Å². The third kappa shape index (κ3) is 4.85. The molecule has 0 bridgehead atoms. The average Bonchev–Trinajstić information content (AvgIpc) is 3.09. The van der Waals surface area contributed by atoms with Crippen LogP contribution < -0.4 is 0 Å². The molecule has 0 spiro atoms. The van der Waals surface area contributed by atoms with E-state index in [1.165, 1.54) is 4.90 Å². The van der Waals surface area contributed by atoms with Gasteiger partial charge in [-0.2, -0.15) is 0 Å². The first-order valence-corrected chi connectivity index (χ1v) is 10.6. The van der Waals surface area contributed by atoms with Crippen LogP contribution in [0.1, 0.15) is 31.8 Å². The van der Waals surface area contributed by atoms with Crippen LogP contribution in [0.15, 0.2) is 97.6 Å². The Bertz CT molecular complexity index is 1050. The van der Waals surface area contributed by atoms with Crippen LogP contribution in [0.5, 0.6) is 0 Å². The van der Waals surface area contributed by atoms with Crippen LogP contribution in [0.4, 0.5) is 0 Å². The van der Waals surface area contributed by atoms with Gasteiger partial charge in [-0.15, -0.1) is 6.58 Å². The van der Waals surface area contributed by atoms with Crippen molar-refractivity contribution in [3.63, 3.8) is 0 Å². The van der Waals surface area contributed by atoms with E-state index in [0.717, 1.165) is 11.1 Å². The third-order valence-corrected chi connectivity index (χ3v) is 5.43. The molecule has 32 heavy (non-hydrogen) atoms. The van der Waals surface area contributed by atoms with Crippen molar-refractivity contribution in [2.45, 2.75) is 25.4 Å². The SMILES string of the molecule is C=C[C@@H](OCc1ccccc1)[C@@H](CN1C(=O)c2ccccc2C1=O)OCc1ccccc1. The molecule has 0 fully saturated rings. The van der Waals surface area contributed by atoms with Crippen LogP contribution in [-0.4, -0.2) is 35.5 Å². The van der Waals surface area contributed by atoms with Gasteiger partial charge in [-0.05, 0) is 23.3 Å². The van der Waals surface area contributed by atoms with Gasteiger partial charge in [-0.1, -0.05) is 78.9 Å². The minimum atomic E-state index is -0.571. The Morgan fingerprint density at radius 3 is 1.69 bits per heavy atom. The van der Waals surface area contributed by atoms with Crippen molar-refractivity contribution in [1.82, 2.24) is 4.90 Å². The summed E-state index contributed by atoms with van der Waals surface area (Å²) in [5.41, 5.74) is 2.84. The van der Waals surface area contributed by atoms with E-state index in [-0.39, 0.29) is 18.4 Å². The number of fused-ring (bicyclic) bond motifs is 1. The molecule has 1 aliphatic rings. The number of ether oxygens (including phenoxy) is 2. The van der Waals surface area contributed by atoms with Crippen LogP contribution in [0.2, 0.25) is 0 Å². The first kappa shape index (κ1) is 21.7. The van der Waals surface area contributed by atoms with Crippen LogP contribution >= 0.6 is 0 Å². The number of carbonyl (C=O) groups excluding carboxylic acids is 2. The molecule has 162 valence electrons. The van der Waals surface area contributed by atoms with Gasteiger partial charge < -0.3 is 9.47 Å². The first-order valence-electron chi connectivity index (χ1n) is 10.6. The van der Waals surface area contributed by atoms with Crippen LogP contribution in [0.25, 0.3) is 0 Å². The molecule has 1 heterocycles. The van der Waals surface area contributed by atoms with E-state index in [0.29, 0.717) is 24.3 Å². The lowest BCUT2D eigenvalue weighted by Gasteiger charge is -2.28. The number of imide groups is 1. The molecule has 0 aromatic heterocycles. The summed E-state index contributed by atoms with van der Waals surface area (Å²) in [4.78, 5) is 27.0. The summed E-state index contributed by atoms with van der Waals surface area (Å²) < 4.78 is 12.3. The Kier molecular flexibility index (Phi) is 6.90. The Balaban J connectivity index is 1.52. The lowest BCUT2D eigenvalue weighted by molar-refractivity contribution is -0.0706. The second-order valence-corrected chi connectivity index (χ2v) is 7.60. The quantitative estimate of drug-likeness (QED) is 0.349. The standard InChI is InChI=1S/C27H25NO4/c1-2-24(31-18-20-11-5-3-6-12-20)25(32-19-21-13-7-4-8-14-21)17-28-26(29)22-15-9-10-16-23(22)27(28)30/h2-16,24-25H,1,17-19H2/t24-,25-/m1/s1. The van der Waals surface area contributed by atoms with Crippen LogP contribution in [-0.2, 0) is 22.7 Å². The highest BCUT2D eigenvalue weighted by molar-refractivity contribution is 6.21. The van der Waals surface area contributed by atoms with Crippen molar-refractivity contribution in [2.24, 2.45) is 0 Å². The maximum absolute atomic E-state index is 12.9. The Labute approximate surface area is 187 Å². The van der Waals surface area contributed by atoms with E-state index in [2.05, 4.69) is 6.58 Å². The van der Waals surface area contributed by atoms with E-state index in [1.54, 1.807) is 30.3 Å². The molecule has 1 aliphatic heterocycles. The summed E-state index contributed by atoms with van der Waals surface area (Å²) in [6.45, 7) is 4.68. The van der Waals surface area contributed by atoms with Gasteiger partial charge in [-0.25, -0.2) is 0 Å². The highest BCUT2D eigenvalue weighted by Crippen LogP contribution is 2.24. The zero-order valence-electron chi connectivity index (χ0n) is 17.7. The number of rotatable bonds is 10. The number of benzene rings is 3. The summed E-state index contributed by atoms with van der Waals surface area (Å²) in [6, 6.07) is 26.4. The normalized spacial score (nSPS) is 14.8. The van der Waals surface area contributed by atoms with Crippen LogP contribution in [0, 0.1) is 0 Å². The lowest BCUT2D eigenvalue weighted by atomic mass is 10.1. The largest absolute Gasteiger partial charge is 0.369 e. The maximum atomic E-state index is 12.9. The predicted octanol–water partition coefficient (Wildman–Crippen LogP) is 4.64. The number of hydrogen-bond acceptors (Lipinski definition) is 4. The first-order chi connectivity index (χ1) is 15.7. The van der Waals surface area contributed by atoms with E-state index < -0.39 is 12.2 Å². The van der Waals surface area contributed by atoms with Crippen molar-refractivity contribution in [2.75, 3.05) is 6.54 Å². The number of hydrogen-bond donors (Lipinski definition) is 0. The maximum Gasteiger partial charge on any atom is 0.261 e. The van der Waals surface area contributed by atoms with Gasteiger partial charge in [0.25, 0.3) is 11.8 Å². The van der Waals surface area contributed by atoms with E-state index >= 15 is 0 Å². The second kappa shape index (κ2) is 10.2. The third-order valence-electron chi connectivity index (χ3n) is 5.43. The molecular formula is C27H25NO4. The molecule has 0 aliphatic carbocycles. The van der Waals surface area contributed by atoms with Gasteiger partial charge in [0, 0.05) is 0 Å². The molecule has 5 nitrogen and oxygen atoms in total. The van der Waals surface area contributed by atoms with E-state index in [1.807, 2.05) is 60.7 Å². The zero-order chi connectivity index (χ0) is 22.3. The number of amides is 2. The highest BCUT2D eigenvalue weighted by Gasteiger charge is 2.38. The summed E-state index contributed by atoms with van der Waals surface area (Å²) in [7, 11) is 0. The lowest BCUT2D eigenvalue weighted by Crippen LogP contribution is -2.43. The molecule has 0 saturated carbocycles. The molecule has 2 atom stereocenters. The monoisotopic (exact) mass is 427 g/mol. The summed E-state index contributed by atoms with van der Waals surface area (Å²) in [5, 5.41) is 0. The number of nitrogens with zero attached hydrogens (tertiary/aromatic N) is 1. The molecule has 3 aromatic carbocycles. The van der Waals surface area contributed by atoms with Gasteiger partial charge in [0.2, 0.25) is 0 Å².